The molecule has 0 fully saturated rings. The molecule has 0 aliphatic carbocycles. The van der Waals surface area contributed by atoms with Gasteiger partial charge in [0.1, 0.15) is 0 Å². The molecule has 0 saturated heterocycles. The molecular weight excluding hydrogens is 290 g/mol. The Kier molecular flexibility index (Phi) is 4.66. The Morgan fingerprint density at radius 3 is 3.04 bits per heavy atom. The van der Waals surface area contributed by atoms with Crippen molar-refractivity contribution in [3.63, 3.8) is 0 Å². The van der Waals surface area contributed by atoms with Gasteiger partial charge in [-0.3, -0.25) is 9.78 Å². The van der Waals surface area contributed by atoms with Gasteiger partial charge in [-0.2, -0.15) is 0 Å². The van der Waals surface area contributed by atoms with Crippen LogP contribution in [0.5, 0.6) is 0 Å². The third kappa shape index (κ3) is 3.39. The minimum absolute atomic E-state index is 0.0377. The fourth-order valence-electron chi connectivity index (χ4n) is 3.39. The second kappa shape index (κ2) is 6.71. The summed E-state index contributed by atoms with van der Waals surface area (Å²) >= 11 is 0. The summed E-state index contributed by atoms with van der Waals surface area (Å²) in [4.78, 5) is 18.4. The largest absolute Gasteiger partial charge is 0.463 e. The summed E-state index contributed by atoms with van der Waals surface area (Å²) in [5, 5.41) is 1.25. The number of rotatable bonds is 5. The lowest BCUT2D eigenvalue weighted by Gasteiger charge is -2.24. The summed E-state index contributed by atoms with van der Waals surface area (Å²) in [7, 11) is 2.16. The second-order valence-corrected chi connectivity index (χ2v) is 6.60. The number of fused-ring (bicyclic) bond motifs is 3. The fourth-order valence-corrected chi connectivity index (χ4v) is 3.39. The Morgan fingerprint density at radius 1 is 1.43 bits per heavy atom. The third-order valence-corrected chi connectivity index (χ3v) is 4.38. The minimum Gasteiger partial charge on any atom is -0.463 e. The Bertz CT molecular complexity index is 706. The molecule has 1 aliphatic heterocycles. The van der Waals surface area contributed by atoms with Gasteiger partial charge in [0.25, 0.3) is 0 Å². The average Bonchev–Trinajstić information content (AvgIpc) is 2.81. The van der Waals surface area contributed by atoms with Crippen molar-refractivity contribution in [2.24, 2.45) is 0 Å². The Balaban J connectivity index is 1.79. The molecule has 3 heterocycles. The van der Waals surface area contributed by atoms with Crippen LogP contribution in [0, 0.1) is 0 Å². The van der Waals surface area contributed by atoms with Crippen LogP contribution >= 0.6 is 0 Å². The quantitative estimate of drug-likeness (QED) is 0.796. The zero-order chi connectivity index (χ0) is 16.4. The van der Waals surface area contributed by atoms with Crippen molar-refractivity contribution in [2.45, 2.75) is 52.3 Å². The molecule has 5 heteroatoms. The normalized spacial score (nSPS) is 15.1. The number of carbonyl (C=O) groups excluding carboxylic acids is 1. The van der Waals surface area contributed by atoms with E-state index < -0.39 is 0 Å². The van der Waals surface area contributed by atoms with Gasteiger partial charge in [0.05, 0.1) is 11.6 Å². The number of carbonyl (C=O) groups is 1. The average molecular weight is 315 g/mol. The van der Waals surface area contributed by atoms with Crippen LogP contribution in [0.25, 0.3) is 10.9 Å². The Hall–Kier alpha value is -1.88. The van der Waals surface area contributed by atoms with E-state index in [0.717, 1.165) is 32.5 Å². The van der Waals surface area contributed by atoms with Gasteiger partial charge in [-0.25, -0.2) is 0 Å². The molecule has 2 aromatic heterocycles. The van der Waals surface area contributed by atoms with E-state index in [1.54, 1.807) is 0 Å². The van der Waals surface area contributed by atoms with Crippen LogP contribution in [-0.4, -0.2) is 40.1 Å². The zero-order valence-corrected chi connectivity index (χ0v) is 14.2. The first-order chi connectivity index (χ1) is 11.1. The topological polar surface area (TPSA) is 47.4 Å². The van der Waals surface area contributed by atoms with Crippen LogP contribution in [0.15, 0.2) is 18.5 Å². The molecule has 3 rings (SSSR count). The van der Waals surface area contributed by atoms with Crippen molar-refractivity contribution in [3.05, 3.63) is 29.7 Å². The summed E-state index contributed by atoms with van der Waals surface area (Å²) in [5.41, 5.74) is 4.03. The molecule has 0 spiro atoms. The molecule has 0 atom stereocenters. The van der Waals surface area contributed by atoms with Crippen LogP contribution in [-0.2, 0) is 29.0 Å². The highest BCUT2D eigenvalue weighted by Gasteiger charge is 2.22. The summed E-state index contributed by atoms with van der Waals surface area (Å²) in [5.74, 6) is -0.105. The van der Waals surface area contributed by atoms with Gasteiger partial charge in [-0.1, -0.05) is 0 Å². The molecule has 5 nitrogen and oxygen atoms in total. The maximum atomic E-state index is 11.7. The summed E-state index contributed by atoms with van der Waals surface area (Å²) in [6.07, 6.45) is 6.11. The maximum Gasteiger partial charge on any atom is 0.306 e. The van der Waals surface area contributed by atoms with E-state index in [-0.39, 0.29) is 12.1 Å². The molecule has 0 aromatic carbocycles. The van der Waals surface area contributed by atoms with Crippen LogP contribution < -0.4 is 0 Å². The number of nitrogens with zero attached hydrogens (tertiary/aromatic N) is 3. The van der Waals surface area contributed by atoms with Crippen LogP contribution in [0.1, 0.15) is 37.9 Å². The van der Waals surface area contributed by atoms with Gasteiger partial charge in [0.2, 0.25) is 0 Å². The summed E-state index contributed by atoms with van der Waals surface area (Å²) in [6, 6.07) is 2.08. The number of pyridine rings is 1. The van der Waals surface area contributed by atoms with E-state index in [2.05, 4.69) is 27.6 Å². The highest BCUT2D eigenvalue weighted by atomic mass is 16.5. The van der Waals surface area contributed by atoms with E-state index in [0.29, 0.717) is 6.42 Å². The van der Waals surface area contributed by atoms with Gasteiger partial charge in [0, 0.05) is 55.9 Å². The Labute approximate surface area is 137 Å². The first-order valence-electron chi connectivity index (χ1n) is 8.38. The van der Waals surface area contributed by atoms with E-state index in [9.17, 15) is 4.79 Å². The van der Waals surface area contributed by atoms with Crippen molar-refractivity contribution >= 4 is 16.9 Å². The van der Waals surface area contributed by atoms with Gasteiger partial charge in [0.15, 0.2) is 0 Å². The highest BCUT2D eigenvalue weighted by Crippen LogP contribution is 2.30. The standard InChI is InChI=1S/C18H25N3O2/c1-13(2)23-18(22)5-4-9-21-16-6-8-19-11-14(16)15-12-20(3)10-7-17(15)21/h6,8,11,13H,4-5,7,9-10,12H2,1-3H3. The van der Waals surface area contributed by atoms with Gasteiger partial charge >= 0.3 is 5.97 Å². The van der Waals surface area contributed by atoms with Crippen molar-refractivity contribution in [1.82, 2.24) is 14.5 Å². The lowest BCUT2D eigenvalue weighted by Crippen LogP contribution is -2.27. The van der Waals surface area contributed by atoms with E-state index in [1.807, 2.05) is 26.2 Å². The fraction of sp³-hybridized carbons (Fsp3) is 0.556. The lowest BCUT2D eigenvalue weighted by atomic mass is 10.1. The van der Waals surface area contributed by atoms with Gasteiger partial charge in [-0.15, -0.1) is 0 Å². The number of ether oxygens (including phenoxy) is 1. The van der Waals surface area contributed by atoms with Crippen LogP contribution in [0.2, 0.25) is 0 Å². The van der Waals surface area contributed by atoms with Crippen LogP contribution in [0.4, 0.5) is 0 Å². The van der Waals surface area contributed by atoms with E-state index in [4.69, 9.17) is 4.74 Å². The molecule has 0 bridgehead atoms. The van der Waals surface area contributed by atoms with Crippen molar-refractivity contribution in [3.8, 4) is 0 Å². The molecular formula is C18H25N3O2. The molecule has 0 amide bonds. The lowest BCUT2D eigenvalue weighted by molar-refractivity contribution is -0.147. The Morgan fingerprint density at radius 2 is 2.26 bits per heavy atom. The molecule has 0 unspecified atom stereocenters. The predicted molar refractivity (Wildman–Crippen MR) is 90.2 cm³/mol. The molecule has 0 saturated carbocycles. The molecule has 124 valence electrons. The second-order valence-electron chi connectivity index (χ2n) is 6.60. The van der Waals surface area contributed by atoms with Crippen molar-refractivity contribution in [2.75, 3.05) is 13.6 Å². The number of esters is 1. The van der Waals surface area contributed by atoms with Gasteiger partial charge < -0.3 is 14.2 Å². The number of hydrogen-bond donors (Lipinski definition) is 0. The summed E-state index contributed by atoms with van der Waals surface area (Å²) in [6.45, 7) is 6.67. The van der Waals surface area contributed by atoms with E-state index >= 15 is 0 Å². The zero-order valence-electron chi connectivity index (χ0n) is 14.2. The number of hydrogen-bond acceptors (Lipinski definition) is 4. The first-order valence-corrected chi connectivity index (χ1v) is 8.38. The SMILES string of the molecule is CC(C)OC(=O)CCCn1c2c(c3cnccc31)CN(C)CC2. The molecule has 1 aliphatic rings. The smallest absolute Gasteiger partial charge is 0.306 e. The maximum absolute atomic E-state index is 11.7. The van der Waals surface area contributed by atoms with Crippen LogP contribution in [0.3, 0.4) is 0 Å². The minimum atomic E-state index is -0.105. The third-order valence-electron chi connectivity index (χ3n) is 4.38. The molecule has 0 N–H and O–H groups in total. The van der Waals surface area contributed by atoms with Crippen molar-refractivity contribution < 1.29 is 9.53 Å². The summed E-state index contributed by atoms with van der Waals surface area (Å²) < 4.78 is 7.60. The molecule has 0 radical (unpaired) electrons. The predicted octanol–water partition coefficient (Wildman–Crippen LogP) is 2.76. The number of likely N-dealkylation sites (N-methyl/N-ethyl adjacent to an activating group) is 1. The van der Waals surface area contributed by atoms with Gasteiger partial charge in [-0.05, 0) is 38.9 Å². The first kappa shape index (κ1) is 16.0. The van der Waals surface area contributed by atoms with E-state index in [1.165, 1.54) is 22.2 Å². The van der Waals surface area contributed by atoms with Crippen molar-refractivity contribution in [1.29, 1.82) is 0 Å². The molecule has 2 aromatic rings. The number of aryl methyl sites for hydroxylation is 1. The molecule has 23 heavy (non-hydrogen) atoms. The monoisotopic (exact) mass is 315 g/mol. The highest BCUT2D eigenvalue weighted by molar-refractivity contribution is 5.85. The number of aromatic nitrogens is 2.